The second-order valence-corrected chi connectivity index (χ2v) is 4.09. The lowest BCUT2D eigenvalue weighted by Crippen LogP contribution is -2.00. The molecule has 2 aromatic rings. The average molecular weight is 254 g/mol. The van der Waals surface area contributed by atoms with Crippen molar-refractivity contribution in [3.8, 4) is 6.07 Å². The highest BCUT2D eigenvalue weighted by Gasteiger charge is 2.03. The summed E-state index contributed by atoms with van der Waals surface area (Å²) >= 11 is 0. The molecule has 0 spiro atoms. The molecule has 0 saturated carbocycles. The number of nitrogens with zero attached hydrogens (tertiary/aromatic N) is 3. The zero-order valence-corrected chi connectivity index (χ0v) is 10.8. The molecule has 0 aliphatic rings. The van der Waals surface area contributed by atoms with Crippen molar-refractivity contribution in [2.24, 2.45) is 0 Å². The minimum Gasteiger partial charge on any atom is -0.380 e. The molecule has 2 rings (SSSR count). The Hall–Kier alpha value is -2.45. The van der Waals surface area contributed by atoms with Gasteiger partial charge in [0.15, 0.2) is 0 Å². The van der Waals surface area contributed by atoms with Crippen molar-refractivity contribution in [1.82, 2.24) is 9.97 Å². The topological polar surface area (TPSA) is 70.8 Å². The molecule has 0 unspecified atom stereocenters. The predicted molar refractivity (Wildman–Crippen MR) is 71.9 cm³/mol. The summed E-state index contributed by atoms with van der Waals surface area (Å²) in [6, 6.07) is 11.4. The summed E-state index contributed by atoms with van der Waals surface area (Å²) in [4.78, 5) is 8.36. The number of aromatic nitrogens is 2. The number of methoxy groups -OCH3 is 1. The van der Waals surface area contributed by atoms with Gasteiger partial charge in [-0.15, -0.1) is 0 Å². The second kappa shape index (κ2) is 5.94. The number of hydrogen-bond donors (Lipinski definition) is 1. The molecule has 0 radical (unpaired) electrons. The summed E-state index contributed by atoms with van der Waals surface area (Å²) in [5.41, 5.74) is 3.02. The highest BCUT2D eigenvalue weighted by Crippen LogP contribution is 2.16. The fraction of sp³-hybridized carbons (Fsp3) is 0.214. The lowest BCUT2D eigenvalue weighted by Gasteiger charge is -2.07. The highest BCUT2D eigenvalue weighted by molar-refractivity contribution is 5.54. The van der Waals surface area contributed by atoms with Crippen molar-refractivity contribution in [3.63, 3.8) is 0 Å². The molecule has 19 heavy (non-hydrogen) atoms. The molecule has 0 atom stereocenters. The predicted octanol–water partition coefficient (Wildman–Crippen LogP) is 2.55. The number of ether oxygens (including phenoxy) is 1. The van der Waals surface area contributed by atoms with E-state index < -0.39 is 0 Å². The van der Waals surface area contributed by atoms with E-state index in [0.717, 1.165) is 16.9 Å². The van der Waals surface area contributed by atoms with E-state index in [0.29, 0.717) is 18.2 Å². The van der Waals surface area contributed by atoms with Crippen LogP contribution < -0.4 is 5.32 Å². The summed E-state index contributed by atoms with van der Waals surface area (Å²) in [5.74, 6) is 0.422. The van der Waals surface area contributed by atoms with Crippen molar-refractivity contribution in [1.29, 1.82) is 5.26 Å². The minimum atomic E-state index is 0.350. The zero-order valence-electron chi connectivity index (χ0n) is 10.8. The molecular formula is C14H14N4O. The van der Waals surface area contributed by atoms with Gasteiger partial charge in [-0.25, -0.2) is 9.97 Å². The van der Waals surface area contributed by atoms with E-state index in [9.17, 15) is 0 Å². The van der Waals surface area contributed by atoms with Crippen LogP contribution in [-0.4, -0.2) is 17.1 Å². The van der Waals surface area contributed by atoms with Gasteiger partial charge in [0.1, 0.15) is 11.8 Å². The molecular weight excluding hydrogens is 240 g/mol. The van der Waals surface area contributed by atoms with E-state index in [1.54, 1.807) is 13.2 Å². The summed E-state index contributed by atoms with van der Waals surface area (Å²) in [7, 11) is 1.66. The van der Waals surface area contributed by atoms with Crippen LogP contribution in [0.15, 0.2) is 30.3 Å². The fourth-order valence-electron chi connectivity index (χ4n) is 1.72. The third kappa shape index (κ3) is 3.50. The first kappa shape index (κ1) is 13.0. The number of aryl methyl sites for hydroxylation is 1. The standard InChI is InChI=1S/C14H14N4O/c1-10-6-13(8-15)18-14(16-10)17-12-5-3-4-11(7-12)9-19-2/h3-7H,9H2,1-2H3,(H,16,17,18). The van der Waals surface area contributed by atoms with Crippen LogP contribution in [0.3, 0.4) is 0 Å². The molecule has 96 valence electrons. The van der Waals surface area contributed by atoms with E-state index in [4.69, 9.17) is 10.00 Å². The van der Waals surface area contributed by atoms with E-state index in [-0.39, 0.29) is 0 Å². The number of benzene rings is 1. The minimum absolute atomic E-state index is 0.350. The number of nitrogens with one attached hydrogen (secondary N) is 1. The van der Waals surface area contributed by atoms with Crippen LogP contribution in [0.1, 0.15) is 17.0 Å². The Morgan fingerprint density at radius 2 is 2.16 bits per heavy atom. The largest absolute Gasteiger partial charge is 0.380 e. The Morgan fingerprint density at radius 1 is 1.32 bits per heavy atom. The molecule has 0 aliphatic heterocycles. The number of nitriles is 1. The molecule has 5 heteroatoms. The van der Waals surface area contributed by atoms with Gasteiger partial charge in [-0.3, -0.25) is 0 Å². The van der Waals surface area contributed by atoms with E-state index in [1.807, 2.05) is 37.3 Å². The Labute approximate surface area is 111 Å². The van der Waals surface area contributed by atoms with Crippen molar-refractivity contribution in [2.75, 3.05) is 12.4 Å². The summed E-state index contributed by atoms with van der Waals surface area (Å²) in [6.45, 7) is 2.38. The molecule has 1 N–H and O–H groups in total. The molecule has 0 bridgehead atoms. The van der Waals surface area contributed by atoms with Gasteiger partial charge >= 0.3 is 0 Å². The average Bonchev–Trinajstić information content (AvgIpc) is 2.39. The fourth-order valence-corrected chi connectivity index (χ4v) is 1.72. The van der Waals surface area contributed by atoms with Crippen LogP contribution in [0.25, 0.3) is 0 Å². The summed E-state index contributed by atoms with van der Waals surface area (Å²) in [6.07, 6.45) is 0. The van der Waals surface area contributed by atoms with Gasteiger partial charge in [-0.05, 0) is 30.7 Å². The SMILES string of the molecule is COCc1cccc(Nc2nc(C)cc(C#N)n2)c1. The Bertz CT molecular complexity index is 619. The maximum absolute atomic E-state index is 8.88. The Kier molecular flexibility index (Phi) is 4.06. The van der Waals surface area contributed by atoms with Gasteiger partial charge in [0.05, 0.1) is 6.61 Å². The normalized spacial score (nSPS) is 9.95. The first-order chi connectivity index (χ1) is 9.21. The quantitative estimate of drug-likeness (QED) is 0.907. The first-order valence-corrected chi connectivity index (χ1v) is 5.82. The maximum Gasteiger partial charge on any atom is 0.228 e. The third-order valence-corrected chi connectivity index (χ3v) is 2.46. The molecule has 0 amide bonds. The van der Waals surface area contributed by atoms with Crippen molar-refractivity contribution in [2.45, 2.75) is 13.5 Å². The van der Waals surface area contributed by atoms with Crippen LogP contribution in [0.2, 0.25) is 0 Å². The van der Waals surface area contributed by atoms with E-state index in [2.05, 4.69) is 15.3 Å². The van der Waals surface area contributed by atoms with Gasteiger partial charge in [-0.1, -0.05) is 12.1 Å². The molecule has 1 heterocycles. The lowest BCUT2D eigenvalue weighted by molar-refractivity contribution is 0.185. The molecule has 0 saturated heterocycles. The van der Waals surface area contributed by atoms with Gasteiger partial charge in [-0.2, -0.15) is 5.26 Å². The second-order valence-electron chi connectivity index (χ2n) is 4.09. The van der Waals surface area contributed by atoms with Crippen molar-refractivity contribution >= 4 is 11.6 Å². The summed E-state index contributed by atoms with van der Waals surface area (Å²) in [5, 5.41) is 12.0. The molecule has 5 nitrogen and oxygen atoms in total. The van der Waals surface area contributed by atoms with E-state index in [1.165, 1.54) is 0 Å². The van der Waals surface area contributed by atoms with Crippen LogP contribution in [0.4, 0.5) is 11.6 Å². The van der Waals surface area contributed by atoms with Crippen LogP contribution in [0, 0.1) is 18.3 Å². The van der Waals surface area contributed by atoms with E-state index >= 15 is 0 Å². The van der Waals surface area contributed by atoms with Crippen molar-refractivity contribution < 1.29 is 4.74 Å². The lowest BCUT2D eigenvalue weighted by atomic mass is 10.2. The van der Waals surface area contributed by atoms with Crippen LogP contribution in [-0.2, 0) is 11.3 Å². The number of hydrogen-bond acceptors (Lipinski definition) is 5. The molecule has 0 fully saturated rings. The van der Waals surface area contributed by atoms with Crippen LogP contribution in [0.5, 0.6) is 0 Å². The smallest absolute Gasteiger partial charge is 0.228 e. The molecule has 0 aliphatic carbocycles. The number of rotatable bonds is 4. The Balaban J connectivity index is 2.23. The van der Waals surface area contributed by atoms with Crippen molar-refractivity contribution in [3.05, 3.63) is 47.3 Å². The highest BCUT2D eigenvalue weighted by atomic mass is 16.5. The summed E-state index contributed by atoms with van der Waals surface area (Å²) < 4.78 is 5.09. The molecule has 1 aromatic carbocycles. The van der Waals surface area contributed by atoms with Gasteiger partial charge in [0.2, 0.25) is 5.95 Å². The molecule has 1 aromatic heterocycles. The zero-order chi connectivity index (χ0) is 13.7. The van der Waals surface area contributed by atoms with Gasteiger partial charge in [0.25, 0.3) is 0 Å². The Morgan fingerprint density at radius 3 is 2.89 bits per heavy atom. The van der Waals surface area contributed by atoms with Gasteiger partial charge in [0, 0.05) is 18.5 Å². The van der Waals surface area contributed by atoms with Gasteiger partial charge < -0.3 is 10.1 Å². The first-order valence-electron chi connectivity index (χ1n) is 5.82. The third-order valence-electron chi connectivity index (χ3n) is 2.46. The van der Waals surface area contributed by atoms with Crippen LogP contribution >= 0.6 is 0 Å². The maximum atomic E-state index is 8.88. The number of anilines is 2. The monoisotopic (exact) mass is 254 g/mol.